The quantitative estimate of drug-likeness (QED) is 0.496. The number of hydrogen-bond acceptors (Lipinski definition) is 3. The van der Waals surface area contributed by atoms with Crippen LogP contribution >= 0.6 is 0 Å². The Morgan fingerprint density at radius 1 is 1.78 bits per heavy atom. The third-order valence-corrected chi connectivity index (χ3v) is 1.78. The van der Waals surface area contributed by atoms with Gasteiger partial charge in [-0.2, -0.15) is 0 Å². The lowest BCUT2D eigenvalue weighted by Gasteiger charge is -2.17. The fourth-order valence-electron chi connectivity index (χ4n) is 1.15. The van der Waals surface area contributed by atoms with Crippen LogP contribution in [-0.2, 0) is 0 Å². The van der Waals surface area contributed by atoms with Crippen LogP contribution in [0.4, 0.5) is 0 Å². The molecule has 0 amide bonds. The van der Waals surface area contributed by atoms with Crippen molar-refractivity contribution in [3.8, 4) is 0 Å². The van der Waals surface area contributed by atoms with Gasteiger partial charge >= 0.3 is 0 Å². The normalized spacial score (nSPS) is 33.0. The molecular formula is C6H14N2O. The third kappa shape index (κ3) is 1.64. The zero-order valence-electron chi connectivity index (χ0n) is 5.75. The molecule has 0 aromatic carbocycles. The van der Waals surface area contributed by atoms with Gasteiger partial charge in [0.15, 0.2) is 0 Å². The first-order valence-electron chi connectivity index (χ1n) is 3.38. The van der Waals surface area contributed by atoms with Crippen molar-refractivity contribution in [3.63, 3.8) is 0 Å². The van der Waals surface area contributed by atoms with E-state index in [-0.39, 0.29) is 12.3 Å². The van der Waals surface area contributed by atoms with Gasteiger partial charge < -0.3 is 10.8 Å². The highest BCUT2D eigenvalue weighted by atomic mass is 16.3. The van der Waals surface area contributed by atoms with Crippen LogP contribution in [0.25, 0.3) is 0 Å². The van der Waals surface area contributed by atoms with E-state index < -0.39 is 0 Å². The molecule has 0 aliphatic carbocycles. The van der Waals surface area contributed by atoms with Crippen molar-refractivity contribution in [2.24, 2.45) is 5.73 Å². The van der Waals surface area contributed by atoms with Gasteiger partial charge in [0.25, 0.3) is 0 Å². The fraction of sp³-hybridized carbons (Fsp3) is 1.00. The van der Waals surface area contributed by atoms with Gasteiger partial charge in [-0.1, -0.05) is 0 Å². The minimum absolute atomic E-state index is 0.277. The summed E-state index contributed by atoms with van der Waals surface area (Å²) in [6.07, 6.45) is 0.698. The molecule has 0 aromatic heterocycles. The molecule has 1 fully saturated rings. The van der Waals surface area contributed by atoms with Gasteiger partial charge in [-0.15, -0.1) is 0 Å². The molecule has 1 heterocycles. The van der Waals surface area contributed by atoms with Crippen molar-refractivity contribution in [2.45, 2.75) is 25.6 Å². The van der Waals surface area contributed by atoms with Gasteiger partial charge in [-0.3, -0.25) is 4.90 Å². The first kappa shape index (κ1) is 6.99. The molecule has 3 heteroatoms. The predicted molar refractivity (Wildman–Crippen MR) is 35.8 cm³/mol. The van der Waals surface area contributed by atoms with E-state index in [0.29, 0.717) is 0 Å². The van der Waals surface area contributed by atoms with Crippen LogP contribution in [-0.4, -0.2) is 35.4 Å². The lowest BCUT2D eigenvalue weighted by atomic mass is 10.3. The van der Waals surface area contributed by atoms with Gasteiger partial charge in [-0.05, 0) is 13.3 Å². The second-order valence-corrected chi connectivity index (χ2v) is 2.68. The molecule has 3 nitrogen and oxygen atoms in total. The highest BCUT2D eigenvalue weighted by Crippen LogP contribution is 2.08. The van der Waals surface area contributed by atoms with E-state index in [4.69, 9.17) is 10.8 Å². The van der Waals surface area contributed by atoms with Gasteiger partial charge in [0.05, 0.1) is 0 Å². The third-order valence-electron chi connectivity index (χ3n) is 1.78. The molecule has 2 atom stereocenters. The van der Waals surface area contributed by atoms with E-state index in [1.165, 1.54) is 0 Å². The summed E-state index contributed by atoms with van der Waals surface area (Å²) < 4.78 is 0. The number of nitrogens with zero attached hydrogens (tertiary/aromatic N) is 1. The van der Waals surface area contributed by atoms with E-state index in [1.54, 1.807) is 6.92 Å². The van der Waals surface area contributed by atoms with E-state index >= 15 is 0 Å². The van der Waals surface area contributed by atoms with Crippen LogP contribution in [0.5, 0.6) is 0 Å². The maximum absolute atomic E-state index is 9.04. The summed E-state index contributed by atoms with van der Waals surface area (Å²) in [5, 5.41) is 9.04. The molecule has 1 rings (SSSR count). The molecule has 1 saturated heterocycles. The summed E-state index contributed by atoms with van der Waals surface area (Å²) in [5.74, 6) is 0. The molecule has 54 valence electrons. The van der Waals surface area contributed by atoms with Gasteiger partial charge in [-0.25, -0.2) is 0 Å². The number of rotatable bonds is 1. The van der Waals surface area contributed by atoms with Crippen molar-refractivity contribution >= 4 is 0 Å². The van der Waals surface area contributed by atoms with E-state index in [0.717, 1.165) is 19.5 Å². The van der Waals surface area contributed by atoms with Crippen LogP contribution in [0.2, 0.25) is 0 Å². The Morgan fingerprint density at radius 2 is 2.44 bits per heavy atom. The molecular weight excluding hydrogens is 116 g/mol. The van der Waals surface area contributed by atoms with Crippen molar-refractivity contribution < 1.29 is 5.11 Å². The Labute approximate surface area is 55.5 Å². The molecule has 1 unspecified atom stereocenters. The summed E-state index contributed by atoms with van der Waals surface area (Å²) in [6, 6.07) is 0.277. The van der Waals surface area contributed by atoms with E-state index in [1.807, 2.05) is 4.90 Å². The van der Waals surface area contributed by atoms with Crippen molar-refractivity contribution in [1.82, 2.24) is 4.90 Å². The van der Waals surface area contributed by atoms with Crippen molar-refractivity contribution in [1.29, 1.82) is 0 Å². The van der Waals surface area contributed by atoms with Crippen LogP contribution in [0, 0.1) is 0 Å². The average Bonchev–Trinajstić information content (AvgIpc) is 2.14. The molecule has 0 bridgehead atoms. The zero-order chi connectivity index (χ0) is 6.85. The van der Waals surface area contributed by atoms with Crippen LogP contribution < -0.4 is 5.73 Å². The summed E-state index contributed by atoms with van der Waals surface area (Å²) in [5.41, 5.74) is 5.61. The Balaban J connectivity index is 2.30. The molecule has 3 N–H and O–H groups in total. The molecule has 9 heavy (non-hydrogen) atoms. The molecule has 0 aromatic rings. The largest absolute Gasteiger partial charge is 0.379 e. The standard InChI is InChI=1S/C6H14N2O/c1-5(9)8-3-2-6(7)4-8/h5-6,9H,2-4,7H2,1H3/t5?,6-/m0/s1. The van der Waals surface area contributed by atoms with E-state index in [2.05, 4.69) is 0 Å². The summed E-state index contributed by atoms with van der Waals surface area (Å²) in [4.78, 5) is 1.98. The maximum Gasteiger partial charge on any atom is 0.104 e. The summed E-state index contributed by atoms with van der Waals surface area (Å²) in [7, 11) is 0. The molecule has 0 radical (unpaired) electrons. The highest BCUT2D eigenvalue weighted by Gasteiger charge is 2.21. The Kier molecular flexibility index (Phi) is 2.05. The van der Waals surface area contributed by atoms with Crippen LogP contribution in [0.1, 0.15) is 13.3 Å². The van der Waals surface area contributed by atoms with E-state index in [9.17, 15) is 0 Å². The fourth-order valence-corrected chi connectivity index (χ4v) is 1.15. The molecule has 1 aliphatic rings. The Bertz CT molecular complexity index is 95.1. The lowest BCUT2D eigenvalue weighted by Crippen LogP contribution is -2.33. The summed E-state index contributed by atoms with van der Waals surface area (Å²) >= 11 is 0. The lowest BCUT2D eigenvalue weighted by molar-refractivity contribution is 0.0359. The first-order chi connectivity index (χ1) is 4.20. The minimum Gasteiger partial charge on any atom is -0.379 e. The maximum atomic E-state index is 9.04. The predicted octanol–water partition coefficient (Wildman–Crippen LogP) is -0.642. The topological polar surface area (TPSA) is 49.5 Å². The second kappa shape index (κ2) is 2.64. The molecule has 0 saturated carbocycles. The Hall–Kier alpha value is -0.120. The smallest absolute Gasteiger partial charge is 0.104 e. The van der Waals surface area contributed by atoms with Gasteiger partial charge in [0.2, 0.25) is 0 Å². The van der Waals surface area contributed by atoms with Crippen LogP contribution in [0.15, 0.2) is 0 Å². The number of likely N-dealkylation sites (tertiary alicyclic amines) is 1. The van der Waals surface area contributed by atoms with Gasteiger partial charge in [0, 0.05) is 19.1 Å². The van der Waals surface area contributed by atoms with Gasteiger partial charge in [0.1, 0.15) is 6.23 Å². The number of nitrogens with two attached hydrogens (primary N) is 1. The molecule has 1 aliphatic heterocycles. The Morgan fingerprint density at radius 3 is 2.67 bits per heavy atom. The van der Waals surface area contributed by atoms with Crippen molar-refractivity contribution in [2.75, 3.05) is 13.1 Å². The molecule has 0 spiro atoms. The average molecular weight is 130 g/mol. The summed E-state index contributed by atoms with van der Waals surface area (Å²) in [6.45, 7) is 3.56. The number of aliphatic hydroxyl groups is 1. The number of hydrogen-bond donors (Lipinski definition) is 2. The minimum atomic E-state index is -0.321. The SMILES string of the molecule is CC(O)N1CC[C@H](N)C1. The monoisotopic (exact) mass is 130 g/mol. The first-order valence-corrected chi connectivity index (χ1v) is 3.38. The second-order valence-electron chi connectivity index (χ2n) is 2.68. The highest BCUT2D eigenvalue weighted by molar-refractivity contribution is 4.77. The van der Waals surface area contributed by atoms with Crippen molar-refractivity contribution in [3.05, 3.63) is 0 Å². The number of aliphatic hydroxyl groups excluding tert-OH is 1. The zero-order valence-corrected chi connectivity index (χ0v) is 5.75. The van der Waals surface area contributed by atoms with Crippen LogP contribution in [0.3, 0.4) is 0 Å².